The molecule has 0 fully saturated rings. The van der Waals surface area contributed by atoms with Crippen molar-refractivity contribution in [2.24, 2.45) is 0 Å². The number of aromatic amines is 1. The van der Waals surface area contributed by atoms with Crippen molar-refractivity contribution < 1.29 is 4.42 Å². The van der Waals surface area contributed by atoms with Gasteiger partial charge in [-0.1, -0.05) is 18.2 Å². The summed E-state index contributed by atoms with van der Waals surface area (Å²) in [5.74, 6) is 0. The van der Waals surface area contributed by atoms with Crippen molar-refractivity contribution >= 4 is 33.0 Å². The first-order chi connectivity index (χ1) is 8.33. The summed E-state index contributed by atoms with van der Waals surface area (Å²) in [4.78, 5) is 3.43. The van der Waals surface area contributed by atoms with E-state index in [2.05, 4.69) is 42.2 Å². The van der Waals surface area contributed by atoms with Crippen LogP contribution in [0.2, 0.25) is 0 Å². The van der Waals surface area contributed by atoms with E-state index in [-0.39, 0.29) is 0 Å². The quantitative estimate of drug-likeness (QED) is 0.469. The van der Waals surface area contributed by atoms with Crippen molar-refractivity contribution in [3.8, 4) is 0 Å². The highest BCUT2D eigenvalue weighted by atomic mass is 16.3. The molecule has 4 rings (SSSR count). The van der Waals surface area contributed by atoms with Gasteiger partial charge in [-0.2, -0.15) is 0 Å². The Balaban J connectivity index is 2.29. The molecule has 2 heteroatoms. The molecule has 82 valence electrons. The van der Waals surface area contributed by atoms with Gasteiger partial charge >= 0.3 is 0 Å². The number of para-hydroxylation sites is 1. The van der Waals surface area contributed by atoms with Gasteiger partial charge in [0.1, 0.15) is 5.58 Å². The van der Waals surface area contributed by atoms with Gasteiger partial charge in [-0.3, -0.25) is 0 Å². The zero-order valence-corrected chi connectivity index (χ0v) is 9.45. The van der Waals surface area contributed by atoms with Crippen LogP contribution in [0.15, 0.2) is 46.9 Å². The Morgan fingerprint density at radius 3 is 2.82 bits per heavy atom. The normalized spacial score (nSPS) is 11.8. The topological polar surface area (TPSA) is 28.9 Å². The molecular weight excluding hydrogens is 210 g/mol. The second-order valence-electron chi connectivity index (χ2n) is 4.48. The SMILES string of the molecule is Cc1ccc2c(c1)oc1c3ccccc3[nH]c21. The summed E-state index contributed by atoms with van der Waals surface area (Å²) in [6.07, 6.45) is 0. The Hall–Kier alpha value is -2.22. The number of aryl methyl sites for hydroxylation is 1. The van der Waals surface area contributed by atoms with Gasteiger partial charge in [0.05, 0.1) is 5.52 Å². The Kier molecular flexibility index (Phi) is 1.52. The third-order valence-electron chi connectivity index (χ3n) is 3.28. The van der Waals surface area contributed by atoms with E-state index in [1.807, 2.05) is 12.1 Å². The molecular formula is C15H11NO. The number of fused-ring (bicyclic) bond motifs is 5. The largest absolute Gasteiger partial charge is 0.454 e. The van der Waals surface area contributed by atoms with Gasteiger partial charge in [-0.25, -0.2) is 0 Å². The van der Waals surface area contributed by atoms with Gasteiger partial charge < -0.3 is 9.40 Å². The van der Waals surface area contributed by atoms with Crippen molar-refractivity contribution in [2.75, 3.05) is 0 Å². The minimum absolute atomic E-state index is 0.956. The second kappa shape index (κ2) is 2.92. The molecule has 2 aromatic carbocycles. The van der Waals surface area contributed by atoms with Crippen LogP contribution >= 0.6 is 0 Å². The molecule has 1 N–H and O–H groups in total. The highest BCUT2D eigenvalue weighted by Crippen LogP contribution is 2.33. The molecule has 0 atom stereocenters. The number of H-pyrrole nitrogens is 1. The van der Waals surface area contributed by atoms with E-state index in [4.69, 9.17) is 4.42 Å². The maximum Gasteiger partial charge on any atom is 0.160 e. The molecule has 0 saturated heterocycles. The predicted molar refractivity (Wildman–Crippen MR) is 70.3 cm³/mol. The van der Waals surface area contributed by atoms with Gasteiger partial charge in [-0.05, 0) is 36.8 Å². The van der Waals surface area contributed by atoms with Gasteiger partial charge in [0, 0.05) is 16.3 Å². The number of nitrogens with one attached hydrogen (secondary N) is 1. The number of benzene rings is 2. The van der Waals surface area contributed by atoms with E-state index in [1.165, 1.54) is 5.56 Å². The fourth-order valence-electron chi connectivity index (χ4n) is 2.44. The van der Waals surface area contributed by atoms with Gasteiger partial charge in [0.25, 0.3) is 0 Å². The summed E-state index contributed by atoms with van der Waals surface area (Å²) in [6.45, 7) is 2.08. The number of hydrogen-bond acceptors (Lipinski definition) is 1. The lowest BCUT2D eigenvalue weighted by molar-refractivity contribution is 0.672. The van der Waals surface area contributed by atoms with Crippen LogP contribution in [0.3, 0.4) is 0 Å². The van der Waals surface area contributed by atoms with E-state index in [0.29, 0.717) is 0 Å². The zero-order valence-electron chi connectivity index (χ0n) is 9.45. The van der Waals surface area contributed by atoms with Crippen molar-refractivity contribution in [1.29, 1.82) is 0 Å². The van der Waals surface area contributed by atoms with Crippen molar-refractivity contribution in [1.82, 2.24) is 4.98 Å². The van der Waals surface area contributed by atoms with Crippen LogP contribution in [-0.4, -0.2) is 4.98 Å². The number of aromatic nitrogens is 1. The molecule has 0 spiro atoms. The average molecular weight is 221 g/mol. The first kappa shape index (κ1) is 8.88. The fourth-order valence-corrected chi connectivity index (χ4v) is 2.44. The lowest BCUT2D eigenvalue weighted by Crippen LogP contribution is -1.71. The first-order valence-electron chi connectivity index (χ1n) is 5.72. The minimum Gasteiger partial charge on any atom is -0.454 e. The monoisotopic (exact) mass is 221 g/mol. The zero-order chi connectivity index (χ0) is 11.4. The number of hydrogen-bond donors (Lipinski definition) is 1. The van der Waals surface area contributed by atoms with Crippen LogP contribution in [0, 0.1) is 6.92 Å². The lowest BCUT2D eigenvalue weighted by Gasteiger charge is -1.92. The van der Waals surface area contributed by atoms with Crippen molar-refractivity contribution in [3.05, 3.63) is 48.0 Å². The van der Waals surface area contributed by atoms with Crippen LogP contribution in [0.5, 0.6) is 0 Å². The summed E-state index contributed by atoms with van der Waals surface area (Å²) in [5, 5.41) is 2.30. The highest BCUT2D eigenvalue weighted by Gasteiger charge is 2.12. The molecule has 2 nitrogen and oxygen atoms in total. The summed E-state index contributed by atoms with van der Waals surface area (Å²) in [5.41, 5.74) is 5.36. The first-order valence-corrected chi connectivity index (χ1v) is 5.72. The molecule has 0 radical (unpaired) electrons. The Bertz CT molecular complexity index is 851. The van der Waals surface area contributed by atoms with Gasteiger partial charge in [0.15, 0.2) is 5.58 Å². The van der Waals surface area contributed by atoms with Crippen molar-refractivity contribution in [3.63, 3.8) is 0 Å². The number of rotatable bonds is 0. The van der Waals surface area contributed by atoms with Crippen LogP contribution in [0.25, 0.3) is 33.0 Å². The molecule has 17 heavy (non-hydrogen) atoms. The highest BCUT2D eigenvalue weighted by molar-refractivity contribution is 6.14. The third kappa shape index (κ3) is 1.10. The van der Waals surface area contributed by atoms with Crippen LogP contribution < -0.4 is 0 Å². The van der Waals surface area contributed by atoms with Crippen molar-refractivity contribution in [2.45, 2.75) is 6.92 Å². The maximum absolute atomic E-state index is 5.96. The maximum atomic E-state index is 5.96. The van der Waals surface area contributed by atoms with E-state index in [0.717, 1.165) is 33.0 Å². The number of furan rings is 1. The van der Waals surface area contributed by atoms with Crippen LogP contribution in [-0.2, 0) is 0 Å². The average Bonchev–Trinajstić information content (AvgIpc) is 2.84. The molecule has 0 aliphatic rings. The minimum atomic E-state index is 0.956. The smallest absolute Gasteiger partial charge is 0.160 e. The third-order valence-corrected chi connectivity index (χ3v) is 3.28. The van der Waals surface area contributed by atoms with Crippen LogP contribution in [0.4, 0.5) is 0 Å². The predicted octanol–water partition coefficient (Wildman–Crippen LogP) is 4.38. The standard InChI is InChI=1S/C15H11NO/c1-9-6-7-11-13(8-9)17-15-10-4-2-3-5-12(10)16-14(11)15/h2-8,16H,1H3. The van der Waals surface area contributed by atoms with E-state index < -0.39 is 0 Å². The fraction of sp³-hybridized carbons (Fsp3) is 0.0667. The second-order valence-corrected chi connectivity index (χ2v) is 4.48. The molecule has 0 amide bonds. The lowest BCUT2D eigenvalue weighted by atomic mass is 10.2. The van der Waals surface area contributed by atoms with Gasteiger partial charge in [-0.15, -0.1) is 0 Å². The molecule has 0 aliphatic carbocycles. The molecule has 4 aromatic rings. The Labute approximate surface area is 97.8 Å². The summed E-state index contributed by atoms with van der Waals surface area (Å²) < 4.78 is 5.96. The Morgan fingerprint density at radius 2 is 1.88 bits per heavy atom. The molecule has 0 unspecified atom stereocenters. The Morgan fingerprint density at radius 1 is 1.00 bits per heavy atom. The molecule has 2 aromatic heterocycles. The van der Waals surface area contributed by atoms with E-state index in [9.17, 15) is 0 Å². The molecule has 2 heterocycles. The molecule has 0 aliphatic heterocycles. The summed E-state index contributed by atoms with van der Waals surface area (Å²) in [6, 6.07) is 14.5. The molecule has 0 saturated carbocycles. The van der Waals surface area contributed by atoms with Crippen LogP contribution in [0.1, 0.15) is 5.56 Å². The summed E-state index contributed by atoms with van der Waals surface area (Å²) in [7, 11) is 0. The summed E-state index contributed by atoms with van der Waals surface area (Å²) >= 11 is 0. The van der Waals surface area contributed by atoms with E-state index >= 15 is 0 Å². The molecule has 0 bridgehead atoms. The van der Waals surface area contributed by atoms with Gasteiger partial charge in [0.2, 0.25) is 0 Å². The van der Waals surface area contributed by atoms with E-state index in [1.54, 1.807) is 0 Å².